The number of esters is 1. The second-order valence-corrected chi connectivity index (χ2v) is 7.64. The zero-order chi connectivity index (χ0) is 23.9. The lowest BCUT2D eigenvalue weighted by atomic mass is 9.98. The third-order valence-corrected chi connectivity index (χ3v) is 5.37. The van der Waals surface area contributed by atoms with Gasteiger partial charge in [-0.05, 0) is 47.0 Å². The highest BCUT2D eigenvalue weighted by atomic mass is 19.1. The van der Waals surface area contributed by atoms with Crippen LogP contribution in [0.5, 0.6) is 5.75 Å². The minimum absolute atomic E-state index is 0.338. The highest BCUT2D eigenvalue weighted by molar-refractivity contribution is 6.03. The van der Waals surface area contributed by atoms with E-state index in [1.54, 1.807) is 19.2 Å². The summed E-state index contributed by atoms with van der Waals surface area (Å²) in [6, 6.07) is 22.5. The first-order valence-corrected chi connectivity index (χ1v) is 10.7. The molecule has 0 fully saturated rings. The van der Waals surface area contributed by atoms with Gasteiger partial charge in [-0.3, -0.25) is 4.79 Å². The van der Waals surface area contributed by atoms with E-state index in [1.807, 2.05) is 54.6 Å². The molecule has 7 heteroatoms. The normalized spacial score (nSPS) is 15.3. The number of hydrogen-bond acceptors (Lipinski definition) is 5. The number of methoxy groups -OCH3 is 1. The first-order chi connectivity index (χ1) is 16.5. The molecule has 34 heavy (non-hydrogen) atoms. The predicted octanol–water partition coefficient (Wildman–Crippen LogP) is 4.77. The number of nitrogens with zero attached hydrogens (tertiary/aromatic N) is 2. The van der Waals surface area contributed by atoms with Crippen molar-refractivity contribution in [1.82, 2.24) is 5.01 Å². The van der Waals surface area contributed by atoms with Crippen molar-refractivity contribution in [3.05, 3.63) is 107 Å². The Morgan fingerprint density at radius 3 is 2.53 bits per heavy atom. The Balaban J connectivity index is 1.47. The SMILES string of the molecule is COc1ccc(C2CC(c3ccccc3)=NN2C(=O)COC(=O)/C=C/c2cccc(F)c2)cc1. The molecule has 172 valence electrons. The fourth-order valence-electron chi connectivity index (χ4n) is 3.65. The molecule has 0 spiro atoms. The van der Waals surface area contributed by atoms with Crippen molar-refractivity contribution in [2.75, 3.05) is 13.7 Å². The smallest absolute Gasteiger partial charge is 0.331 e. The fourth-order valence-corrected chi connectivity index (χ4v) is 3.65. The van der Waals surface area contributed by atoms with Crippen LogP contribution in [0.4, 0.5) is 4.39 Å². The molecular formula is C27H23FN2O4. The lowest BCUT2D eigenvalue weighted by Gasteiger charge is -2.22. The molecule has 3 aromatic rings. The average molecular weight is 458 g/mol. The lowest BCUT2D eigenvalue weighted by molar-refractivity contribution is -0.149. The number of hydrogen-bond donors (Lipinski definition) is 0. The minimum Gasteiger partial charge on any atom is -0.497 e. The van der Waals surface area contributed by atoms with E-state index >= 15 is 0 Å². The van der Waals surface area contributed by atoms with Crippen molar-refractivity contribution in [1.29, 1.82) is 0 Å². The summed E-state index contributed by atoms with van der Waals surface area (Å²) in [4.78, 5) is 25.1. The van der Waals surface area contributed by atoms with Gasteiger partial charge in [0.1, 0.15) is 11.6 Å². The molecule has 1 unspecified atom stereocenters. The van der Waals surface area contributed by atoms with Crippen molar-refractivity contribution < 1.29 is 23.5 Å². The number of ether oxygens (including phenoxy) is 2. The molecule has 3 aromatic carbocycles. The monoisotopic (exact) mass is 458 g/mol. The summed E-state index contributed by atoms with van der Waals surface area (Å²) in [6.07, 6.45) is 3.11. The Hall–Kier alpha value is -4.26. The van der Waals surface area contributed by atoms with E-state index in [9.17, 15) is 14.0 Å². The average Bonchev–Trinajstić information content (AvgIpc) is 3.32. The van der Waals surface area contributed by atoms with E-state index in [4.69, 9.17) is 9.47 Å². The Bertz CT molecular complexity index is 1220. The predicted molar refractivity (Wildman–Crippen MR) is 127 cm³/mol. The maximum absolute atomic E-state index is 13.3. The summed E-state index contributed by atoms with van der Waals surface area (Å²) in [7, 11) is 1.59. The quantitative estimate of drug-likeness (QED) is 0.378. The van der Waals surface area contributed by atoms with Crippen molar-refractivity contribution >= 4 is 23.7 Å². The minimum atomic E-state index is -0.704. The van der Waals surface area contributed by atoms with Gasteiger partial charge in [-0.15, -0.1) is 0 Å². The van der Waals surface area contributed by atoms with E-state index < -0.39 is 24.3 Å². The van der Waals surface area contributed by atoms with Crippen molar-refractivity contribution in [2.24, 2.45) is 5.10 Å². The summed E-state index contributed by atoms with van der Waals surface area (Å²) >= 11 is 0. The van der Waals surface area contributed by atoms with E-state index in [0.717, 1.165) is 22.9 Å². The van der Waals surface area contributed by atoms with Crippen LogP contribution in [0, 0.1) is 5.82 Å². The van der Waals surface area contributed by atoms with Crippen LogP contribution >= 0.6 is 0 Å². The molecule has 0 N–H and O–H groups in total. The van der Waals surface area contributed by atoms with Crippen molar-refractivity contribution in [3.63, 3.8) is 0 Å². The van der Waals surface area contributed by atoms with Crippen LogP contribution in [-0.4, -0.2) is 36.3 Å². The number of carbonyl (C=O) groups excluding carboxylic acids is 2. The molecule has 1 amide bonds. The molecule has 0 aliphatic carbocycles. The molecular weight excluding hydrogens is 435 g/mol. The van der Waals surface area contributed by atoms with Gasteiger partial charge in [0.05, 0.1) is 18.9 Å². The first-order valence-electron chi connectivity index (χ1n) is 10.7. The topological polar surface area (TPSA) is 68.2 Å². The van der Waals surface area contributed by atoms with Gasteiger partial charge in [0, 0.05) is 12.5 Å². The summed E-state index contributed by atoms with van der Waals surface area (Å²) < 4.78 is 23.6. The van der Waals surface area contributed by atoms with Gasteiger partial charge in [-0.25, -0.2) is 14.2 Å². The maximum atomic E-state index is 13.3. The van der Waals surface area contributed by atoms with Gasteiger partial charge < -0.3 is 9.47 Å². The number of halogens is 1. The van der Waals surface area contributed by atoms with Crippen LogP contribution in [0.2, 0.25) is 0 Å². The van der Waals surface area contributed by atoms with Crippen molar-refractivity contribution in [3.8, 4) is 5.75 Å². The van der Waals surface area contributed by atoms with Crippen LogP contribution in [-0.2, 0) is 14.3 Å². The van der Waals surface area contributed by atoms with Gasteiger partial charge in [-0.2, -0.15) is 5.10 Å². The number of hydrazone groups is 1. The van der Waals surface area contributed by atoms with Gasteiger partial charge in [-0.1, -0.05) is 54.6 Å². The van der Waals surface area contributed by atoms with E-state index in [1.165, 1.54) is 23.2 Å². The number of benzene rings is 3. The number of carbonyl (C=O) groups is 2. The van der Waals surface area contributed by atoms with Gasteiger partial charge in [0.15, 0.2) is 6.61 Å². The molecule has 0 saturated heterocycles. The molecule has 0 aromatic heterocycles. The Labute approximate surface area is 196 Å². The zero-order valence-corrected chi connectivity index (χ0v) is 18.6. The van der Waals surface area contributed by atoms with Crippen LogP contribution in [0.3, 0.4) is 0 Å². The van der Waals surface area contributed by atoms with Crippen LogP contribution < -0.4 is 4.74 Å². The summed E-state index contributed by atoms with van der Waals surface area (Å²) in [5.41, 5.74) is 3.10. The van der Waals surface area contributed by atoms with Crippen LogP contribution in [0.25, 0.3) is 6.08 Å². The van der Waals surface area contributed by atoms with Gasteiger partial charge >= 0.3 is 5.97 Å². The molecule has 0 radical (unpaired) electrons. The highest BCUT2D eigenvalue weighted by Crippen LogP contribution is 2.33. The van der Waals surface area contributed by atoms with Crippen LogP contribution in [0.1, 0.15) is 29.2 Å². The molecule has 0 saturated carbocycles. The summed E-state index contributed by atoms with van der Waals surface area (Å²) in [5, 5.41) is 5.93. The van der Waals surface area contributed by atoms with E-state index in [2.05, 4.69) is 5.10 Å². The fraction of sp³-hybridized carbons (Fsp3) is 0.148. The second kappa shape index (κ2) is 10.6. The zero-order valence-electron chi connectivity index (χ0n) is 18.6. The molecule has 1 heterocycles. The third-order valence-electron chi connectivity index (χ3n) is 5.37. The summed E-state index contributed by atoms with van der Waals surface area (Å²) in [6.45, 7) is -0.468. The molecule has 6 nitrogen and oxygen atoms in total. The number of rotatable bonds is 7. The summed E-state index contributed by atoms with van der Waals surface area (Å²) in [5.74, 6) is -0.844. The Kier molecular flexibility index (Phi) is 7.13. The molecule has 4 rings (SSSR count). The second-order valence-electron chi connectivity index (χ2n) is 7.64. The number of amides is 1. The molecule has 1 atom stereocenters. The Morgan fingerprint density at radius 2 is 1.82 bits per heavy atom. The molecule has 1 aliphatic heterocycles. The Morgan fingerprint density at radius 1 is 1.06 bits per heavy atom. The first kappa shape index (κ1) is 22.9. The van der Waals surface area contributed by atoms with Crippen molar-refractivity contribution in [2.45, 2.75) is 12.5 Å². The maximum Gasteiger partial charge on any atom is 0.331 e. The molecule has 1 aliphatic rings. The lowest BCUT2D eigenvalue weighted by Crippen LogP contribution is -2.31. The highest BCUT2D eigenvalue weighted by Gasteiger charge is 2.33. The molecule has 0 bridgehead atoms. The van der Waals surface area contributed by atoms with Gasteiger partial charge in [0.2, 0.25) is 0 Å². The van der Waals surface area contributed by atoms with Gasteiger partial charge in [0.25, 0.3) is 5.91 Å². The largest absolute Gasteiger partial charge is 0.497 e. The van der Waals surface area contributed by atoms with E-state index in [0.29, 0.717) is 17.7 Å². The third kappa shape index (κ3) is 5.56. The van der Waals surface area contributed by atoms with Crippen LogP contribution in [0.15, 0.2) is 90.0 Å². The van der Waals surface area contributed by atoms with E-state index in [-0.39, 0.29) is 6.04 Å². The standard InChI is InChI=1S/C27H23FN2O4/c1-33-23-13-11-21(12-14-23)25-17-24(20-7-3-2-4-8-20)29-30(25)26(31)18-34-27(32)15-10-19-6-5-9-22(28)16-19/h2-16,25H,17-18H2,1H3/b15-10+.